The Hall–Kier alpha value is -2.27. The predicted molar refractivity (Wildman–Crippen MR) is 129 cm³/mol. The minimum Gasteiger partial charge on any atom is -0.352 e. The van der Waals surface area contributed by atoms with E-state index in [4.69, 9.17) is 0 Å². The van der Waals surface area contributed by atoms with Gasteiger partial charge in [-0.15, -0.1) is 11.8 Å². The van der Waals surface area contributed by atoms with Gasteiger partial charge in [-0.1, -0.05) is 73.0 Å². The molecule has 0 radical (unpaired) electrons. The zero-order chi connectivity index (χ0) is 22.1. The number of thioether (sulfide) groups is 1. The highest BCUT2D eigenvalue weighted by Crippen LogP contribution is 2.19. The van der Waals surface area contributed by atoms with Crippen molar-refractivity contribution in [1.82, 2.24) is 10.2 Å². The summed E-state index contributed by atoms with van der Waals surface area (Å²) >= 11 is 1.61. The highest BCUT2D eigenvalue weighted by Gasteiger charge is 2.28. The largest absolute Gasteiger partial charge is 0.352 e. The average molecular weight is 439 g/mol. The molecule has 0 unspecified atom stereocenters. The quantitative estimate of drug-likeness (QED) is 0.583. The van der Waals surface area contributed by atoms with Crippen LogP contribution in [-0.4, -0.2) is 41.1 Å². The van der Waals surface area contributed by atoms with Crippen molar-refractivity contribution in [2.45, 2.75) is 63.8 Å². The van der Waals surface area contributed by atoms with Crippen LogP contribution in [0.2, 0.25) is 0 Å². The van der Waals surface area contributed by atoms with E-state index < -0.39 is 6.04 Å². The lowest BCUT2D eigenvalue weighted by Gasteiger charge is -2.29. The van der Waals surface area contributed by atoms with Gasteiger partial charge in [0.25, 0.3) is 0 Å². The van der Waals surface area contributed by atoms with Gasteiger partial charge < -0.3 is 10.2 Å². The van der Waals surface area contributed by atoms with E-state index in [1.807, 2.05) is 25.1 Å². The molecule has 2 aromatic carbocycles. The summed E-state index contributed by atoms with van der Waals surface area (Å²) in [4.78, 5) is 27.8. The monoisotopic (exact) mass is 438 g/mol. The average Bonchev–Trinajstić information content (AvgIpc) is 3.29. The number of rotatable bonds is 10. The lowest BCUT2D eigenvalue weighted by atomic mass is 10.1. The molecule has 4 nitrogen and oxygen atoms in total. The van der Waals surface area contributed by atoms with E-state index in [-0.39, 0.29) is 17.9 Å². The van der Waals surface area contributed by atoms with Crippen molar-refractivity contribution in [3.63, 3.8) is 0 Å². The second kappa shape index (κ2) is 11.9. The van der Waals surface area contributed by atoms with Crippen LogP contribution in [0.3, 0.4) is 0 Å². The number of carbonyl (C=O) groups is 2. The van der Waals surface area contributed by atoms with E-state index in [1.165, 1.54) is 29.5 Å². The Labute approximate surface area is 190 Å². The van der Waals surface area contributed by atoms with Gasteiger partial charge in [0.15, 0.2) is 0 Å². The van der Waals surface area contributed by atoms with E-state index in [2.05, 4.69) is 48.6 Å². The Balaban J connectivity index is 1.59. The fourth-order valence-corrected chi connectivity index (χ4v) is 4.86. The second-order valence-electron chi connectivity index (χ2n) is 8.47. The van der Waals surface area contributed by atoms with Gasteiger partial charge in [-0.25, -0.2) is 0 Å². The Morgan fingerprint density at radius 2 is 1.71 bits per heavy atom. The smallest absolute Gasteiger partial charge is 0.242 e. The predicted octanol–water partition coefficient (Wildman–Crippen LogP) is 4.75. The molecule has 2 amide bonds. The van der Waals surface area contributed by atoms with Crippen molar-refractivity contribution >= 4 is 23.6 Å². The molecule has 0 aromatic heterocycles. The van der Waals surface area contributed by atoms with Gasteiger partial charge in [0.05, 0.1) is 5.75 Å². The number of benzene rings is 2. The van der Waals surface area contributed by atoms with Gasteiger partial charge in [-0.05, 0) is 44.2 Å². The number of aryl methyl sites for hydroxylation is 1. The molecule has 0 spiro atoms. The van der Waals surface area contributed by atoms with Gasteiger partial charge in [-0.2, -0.15) is 0 Å². The Bertz CT molecular complexity index is 832. The second-order valence-corrected chi connectivity index (χ2v) is 9.45. The molecule has 0 heterocycles. The normalized spacial score (nSPS) is 14.9. The van der Waals surface area contributed by atoms with Crippen molar-refractivity contribution < 1.29 is 9.59 Å². The molecular weight excluding hydrogens is 404 g/mol. The van der Waals surface area contributed by atoms with E-state index in [9.17, 15) is 9.59 Å². The highest BCUT2D eigenvalue weighted by molar-refractivity contribution is 7.99. The summed E-state index contributed by atoms with van der Waals surface area (Å²) in [5, 5.41) is 3.16. The molecule has 0 bridgehead atoms. The summed E-state index contributed by atoms with van der Waals surface area (Å²) in [5.41, 5.74) is 3.63. The topological polar surface area (TPSA) is 49.4 Å². The fourth-order valence-electron chi connectivity index (χ4n) is 3.99. The Morgan fingerprint density at radius 1 is 1.03 bits per heavy atom. The van der Waals surface area contributed by atoms with Crippen molar-refractivity contribution in [2.75, 3.05) is 12.3 Å². The standard InChI is InChI=1S/C26H34N2O2S/c1-20-12-14-23(15-13-20)18-31-19-25(29)28(17-16-22-8-4-3-5-9-22)21(2)26(30)27-24-10-6-7-11-24/h3-5,8-9,12-15,21,24H,6-7,10-11,16-19H2,1-2H3,(H,27,30)/t21-/m1/s1. The van der Waals surface area contributed by atoms with Crippen molar-refractivity contribution in [3.8, 4) is 0 Å². The minimum atomic E-state index is -0.461. The maximum atomic E-state index is 13.1. The molecule has 1 fully saturated rings. The molecule has 0 saturated heterocycles. The highest BCUT2D eigenvalue weighted by atomic mass is 32.2. The van der Waals surface area contributed by atoms with Crippen LogP contribution in [0.5, 0.6) is 0 Å². The molecule has 31 heavy (non-hydrogen) atoms. The van der Waals surface area contributed by atoms with E-state index in [1.54, 1.807) is 16.7 Å². The molecule has 1 aliphatic rings. The summed E-state index contributed by atoms with van der Waals surface area (Å²) in [7, 11) is 0. The van der Waals surface area contributed by atoms with E-state index in [0.717, 1.165) is 25.0 Å². The fraction of sp³-hybridized carbons (Fsp3) is 0.462. The first-order valence-corrected chi connectivity index (χ1v) is 12.5. The van der Waals surface area contributed by atoms with E-state index >= 15 is 0 Å². The van der Waals surface area contributed by atoms with Crippen molar-refractivity contribution in [1.29, 1.82) is 0 Å². The molecule has 2 aromatic rings. The molecule has 1 atom stereocenters. The van der Waals surface area contributed by atoms with Crippen LogP contribution in [0.1, 0.15) is 49.3 Å². The maximum Gasteiger partial charge on any atom is 0.242 e. The summed E-state index contributed by atoms with van der Waals surface area (Å²) in [6, 6.07) is 18.4. The van der Waals surface area contributed by atoms with Crippen LogP contribution in [0.15, 0.2) is 54.6 Å². The van der Waals surface area contributed by atoms with Gasteiger partial charge in [0, 0.05) is 18.3 Å². The third kappa shape index (κ3) is 7.42. The molecule has 1 aliphatic carbocycles. The number of hydrogen-bond donors (Lipinski definition) is 1. The summed E-state index contributed by atoms with van der Waals surface area (Å²) in [5.74, 6) is 1.17. The number of amides is 2. The molecule has 5 heteroatoms. The SMILES string of the molecule is Cc1ccc(CSCC(=O)N(CCc2ccccc2)[C@H](C)C(=O)NC2CCCC2)cc1. The minimum absolute atomic E-state index is 0.0297. The van der Waals surface area contributed by atoms with Crippen molar-refractivity contribution in [3.05, 3.63) is 71.3 Å². The number of nitrogens with one attached hydrogen (secondary N) is 1. The van der Waals surface area contributed by atoms with Gasteiger partial charge >= 0.3 is 0 Å². The third-order valence-electron chi connectivity index (χ3n) is 5.97. The summed E-state index contributed by atoms with van der Waals surface area (Å²) in [6.45, 7) is 4.48. The summed E-state index contributed by atoms with van der Waals surface area (Å²) in [6.07, 6.45) is 5.18. The van der Waals surface area contributed by atoms with Crippen LogP contribution >= 0.6 is 11.8 Å². The van der Waals surface area contributed by atoms with Crippen LogP contribution < -0.4 is 5.32 Å². The van der Waals surface area contributed by atoms with Crippen molar-refractivity contribution in [2.24, 2.45) is 0 Å². The van der Waals surface area contributed by atoms with Crippen LogP contribution in [0, 0.1) is 6.92 Å². The van der Waals surface area contributed by atoms with Crippen LogP contribution in [0.25, 0.3) is 0 Å². The molecule has 3 rings (SSSR count). The zero-order valence-electron chi connectivity index (χ0n) is 18.7. The zero-order valence-corrected chi connectivity index (χ0v) is 19.5. The van der Waals surface area contributed by atoms with Gasteiger partial charge in [0.1, 0.15) is 6.04 Å². The first-order chi connectivity index (χ1) is 15.0. The molecule has 166 valence electrons. The number of carbonyl (C=O) groups excluding carboxylic acids is 2. The lowest BCUT2D eigenvalue weighted by Crippen LogP contribution is -2.51. The van der Waals surface area contributed by atoms with E-state index in [0.29, 0.717) is 12.3 Å². The lowest BCUT2D eigenvalue weighted by molar-refractivity contribution is -0.138. The third-order valence-corrected chi connectivity index (χ3v) is 6.96. The maximum absolute atomic E-state index is 13.1. The number of nitrogens with zero attached hydrogens (tertiary/aromatic N) is 1. The molecule has 1 N–H and O–H groups in total. The Morgan fingerprint density at radius 3 is 2.39 bits per heavy atom. The Kier molecular flexibility index (Phi) is 9.01. The van der Waals surface area contributed by atoms with Gasteiger partial charge in [0.2, 0.25) is 11.8 Å². The number of hydrogen-bond acceptors (Lipinski definition) is 3. The molecular formula is C26H34N2O2S. The van der Waals surface area contributed by atoms with Gasteiger partial charge in [-0.3, -0.25) is 9.59 Å². The first kappa shape index (κ1) is 23.4. The summed E-state index contributed by atoms with van der Waals surface area (Å²) < 4.78 is 0. The van der Waals surface area contributed by atoms with Crippen LogP contribution in [0.4, 0.5) is 0 Å². The van der Waals surface area contributed by atoms with Crippen LogP contribution in [-0.2, 0) is 21.8 Å². The molecule has 0 aliphatic heterocycles. The first-order valence-electron chi connectivity index (χ1n) is 11.3. The molecule has 1 saturated carbocycles.